The maximum Gasteiger partial charge on any atom is 0.317 e. The lowest BCUT2D eigenvalue weighted by atomic mass is 10.3. The first kappa shape index (κ1) is 9.17. The van der Waals surface area contributed by atoms with Crippen LogP contribution < -0.4 is 5.32 Å². The number of carboxylic acids is 1. The Labute approximate surface area is 60.7 Å². The van der Waals surface area contributed by atoms with Crippen molar-refractivity contribution >= 4 is 5.97 Å². The van der Waals surface area contributed by atoms with Crippen molar-refractivity contribution in [2.75, 3.05) is 13.1 Å². The van der Waals surface area contributed by atoms with Crippen molar-refractivity contribution in [1.29, 1.82) is 0 Å². The highest BCUT2D eigenvalue weighted by Crippen LogP contribution is 1.86. The molecule has 0 bridgehead atoms. The first-order valence-corrected chi connectivity index (χ1v) is 3.21. The second-order valence-corrected chi connectivity index (χ2v) is 2.13. The van der Waals surface area contributed by atoms with Crippen molar-refractivity contribution in [3.8, 4) is 0 Å². The minimum atomic E-state index is -0.816. The van der Waals surface area contributed by atoms with Gasteiger partial charge in [0.25, 0.3) is 0 Å². The van der Waals surface area contributed by atoms with Crippen LogP contribution in [0, 0.1) is 0 Å². The molecule has 0 unspecified atom stereocenters. The molecule has 58 valence electrons. The van der Waals surface area contributed by atoms with Crippen molar-refractivity contribution in [3.63, 3.8) is 0 Å². The molecule has 0 amide bonds. The van der Waals surface area contributed by atoms with E-state index in [0.29, 0.717) is 6.54 Å². The molecule has 0 aromatic rings. The van der Waals surface area contributed by atoms with Crippen LogP contribution in [0.3, 0.4) is 0 Å². The van der Waals surface area contributed by atoms with Crippen LogP contribution in [-0.4, -0.2) is 24.2 Å². The zero-order chi connectivity index (χ0) is 7.98. The zero-order valence-electron chi connectivity index (χ0n) is 6.35. The topological polar surface area (TPSA) is 49.3 Å². The monoisotopic (exact) mass is 143 g/mol. The molecule has 0 aromatic heterocycles. The van der Waals surface area contributed by atoms with E-state index in [2.05, 4.69) is 5.32 Å². The minimum Gasteiger partial charge on any atom is -0.480 e. The smallest absolute Gasteiger partial charge is 0.317 e. The van der Waals surface area contributed by atoms with Crippen LogP contribution in [0.25, 0.3) is 0 Å². The van der Waals surface area contributed by atoms with E-state index in [1.807, 2.05) is 19.9 Å². The number of nitrogens with one attached hydrogen (secondary N) is 1. The van der Waals surface area contributed by atoms with Gasteiger partial charge in [-0.15, -0.1) is 0 Å². The van der Waals surface area contributed by atoms with Gasteiger partial charge < -0.3 is 10.4 Å². The summed E-state index contributed by atoms with van der Waals surface area (Å²) >= 11 is 0. The fraction of sp³-hybridized carbons (Fsp3) is 0.571. The second-order valence-electron chi connectivity index (χ2n) is 2.13. The standard InChI is InChI=1S/C7H13NO2/c1-3-6(2)4-8-5-7(9)10/h3,8H,4-5H2,1-2H3,(H,9,10)/b6-3-. The first-order valence-electron chi connectivity index (χ1n) is 3.21. The Morgan fingerprint density at radius 3 is 2.60 bits per heavy atom. The molecule has 0 aliphatic heterocycles. The maximum absolute atomic E-state index is 9.99. The molecule has 0 radical (unpaired) electrons. The van der Waals surface area contributed by atoms with E-state index in [9.17, 15) is 4.79 Å². The lowest BCUT2D eigenvalue weighted by Crippen LogP contribution is -2.23. The lowest BCUT2D eigenvalue weighted by Gasteiger charge is -1.99. The van der Waals surface area contributed by atoms with Crippen molar-refractivity contribution < 1.29 is 9.90 Å². The van der Waals surface area contributed by atoms with Crippen molar-refractivity contribution in [2.24, 2.45) is 0 Å². The number of hydrogen-bond donors (Lipinski definition) is 2. The van der Waals surface area contributed by atoms with Gasteiger partial charge in [-0.1, -0.05) is 11.6 Å². The predicted molar refractivity (Wildman–Crippen MR) is 39.9 cm³/mol. The van der Waals surface area contributed by atoms with Gasteiger partial charge in [0.2, 0.25) is 0 Å². The molecule has 0 aromatic carbocycles. The Balaban J connectivity index is 3.29. The maximum atomic E-state index is 9.99. The number of rotatable bonds is 4. The third-order valence-electron chi connectivity index (χ3n) is 1.17. The van der Waals surface area contributed by atoms with Crippen molar-refractivity contribution in [2.45, 2.75) is 13.8 Å². The van der Waals surface area contributed by atoms with E-state index in [-0.39, 0.29) is 6.54 Å². The third-order valence-corrected chi connectivity index (χ3v) is 1.17. The Morgan fingerprint density at radius 1 is 1.60 bits per heavy atom. The fourth-order valence-corrected chi connectivity index (χ4v) is 0.469. The lowest BCUT2D eigenvalue weighted by molar-refractivity contribution is -0.135. The van der Waals surface area contributed by atoms with Crippen LogP contribution >= 0.6 is 0 Å². The van der Waals surface area contributed by atoms with Crippen LogP contribution in [-0.2, 0) is 4.79 Å². The van der Waals surface area contributed by atoms with Crippen LogP contribution in [0.5, 0.6) is 0 Å². The number of aliphatic carboxylic acids is 1. The molecule has 0 spiro atoms. The molecule has 10 heavy (non-hydrogen) atoms. The quantitative estimate of drug-likeness (QED) is 0.567. The fourth-order valence-electron chi connectivity index (χ4n) is 0.469. The predicted octanol–water partition coefficient (Wildman–Crippen LogP) is 0.627. The number of carboxylic acid groups (broad SMARTS) is 1. The van der Waals surface area contributed by atoms with Crippen LogP contribution in [0.1, 0.15) is 13.8 Å². The molecular formula is C7H13NO2. The normalized spacial score (nSPS) is 11.6. The highest BCUT2D eigenvalue weighted by molar-refractivity contribution is 5.69. The molecule has 0 saturated carbocycles. The van der Waals surface area contributed by atoms with Crippen LogP contribution in [0.4, 0.5) is 0 Å². The van der Waals surface area contributed by atoms with Gasteiger partial charge in [-0.05, 0) is 13.8 Å². The Hall–Kier alpha value is -0.830. The average molecular weight is 143 g/mol. The van der Waals surface area contributed by atoms with E-state index < -0.39 is 5.97 Å². The molecular weight excluding hydrogens is 130 g/mol. The molecule has 3 heteroatoms. The van der Waals surface area contributed by atoms with Gasteiger partial charge in [-0.25, -0.2) is 0 Å². The van der Waals surface area contributed by atoms with Gasteiger partial charge in [0.15, 0.2) is 0 Å². The Bertz CT molecular complexity index is 141. The average Bonchev–Trinajstić information content (AvgIpc) is 1.87. The minimum absolute atomic E-state index is 0.0329. The van der Waals surface area contributed by atoms with Gasteiger partial charge in [0, 0.05) is 6.54 Å². The zero-order valence-corrected chi connectivity index (χ0v) is 6.35. The van der Waals surface area contributed by atoms with E-state index in [4.69, 9.17) is 5.11 Å². The summed E-state index contributed by atoms with van der Waals surface area (Å²) in [6.45, 7) is 4.57. The number of allylic oxidation sites excluding steroid dienone is 1. The summed E-state index contributed by atoms with van der Waals surface area (Å²) in [5, 5.41) is 11.0. The summed E-state index contributed by atoms with van der Waals surface area (Å²) in [4.78, 5) is 9.99. The molecule has 3 nitrogen and oxygen atoms in total. The largest absolute Gasteiger partial charge is 0.480 e. The van der Waals surface area contributed by atoms with E-state index >= 15 is 0 Å². The Morgan fingerprint density at radius 2 is 2.20 bits per heavy atom. The van der Waals surface area contributed by atoms with Gasteiger partial charge in [0.05, 0.1) is 6.54 Å². The van der Waals surface area contributed by atoms with Gasteiger partial charge in [0.1, 0.15) is 0 Å². The van der Waals surface area contributed by atoms with Gasteiger partial charge in [-0.2, -0.15) is 0 Å². The molecule has 0 rings (SSSR count). The summed E-state index contributed by atoms with van der Waals surface area (Å²) in [7, 11) is 0. The molecule has 0 saturated heterocycles. The van der Waals surface area contributed by atoms with Crippen LogP contribution in [0.15, 0.2) is 11.6 Å². The molecule has 2 N–H and O–H groups in total. The summed E-state index contributed by atoms with van der Waals surface area (Å²) < 4.78 is 0. The van der Waals surface area contributed by atoms with E-state index in [1.54, 1.807) is 0 Å². The summed E-state index contributed by atoms with van der Waals surface area (Å²) in [5.74, 6) is -0.816. The highest BCUT2D eigenvalue weighted by atomic mass is 16.4. The summed E-state index contributed by atoms with van der Waals surface area (Å²) in [5.41, 5.74) is 1.15. The van der Waals surface area contributed by atoms with Gasteiger partial charge in [-0.3, -0.25) is 4.79 Å². The first-order chi connectivity index (χ1) is 4.66. The number of hydrogen-bond acceptors (Lipinski definition) is 2. The van der Waals surface area contributed by atoms with E-state index in [1.165, 1.54) is 0 Å². The molecule has 0 aliphatic carbocycles. The second kappa shape index (κ2) is 4.99. The molecule has 0 fully saturated rings. The molecule has 0 atom stereocenters. The summed E-state index contributed by atoms with van der Waals surface area (Å²) in [6.07, 6.45) is 1.95. The van der Waals surface area contributed by atoms with Gasteiger partial charge >= 0.3 is 5.97 Å². The van der Waals surface area contributed by atoms with E-state index in [0.717, 1.165) is 5.57 Å². The van der Waals surface area contributed by atoms with Crippen molar-refractivity contribution in [3.05, 3.63) is 11.6 Å². The Kier molecular flexibility index (Phi) is 4.58. The van der Waals surface area contributed by atoms with Crippen molar-refractivity contribution in [1.82, 2.24) is 5.32 Å². The molecule has 0 heterocycles. The third kappa shape index (κ3) is 5.31. The number of carbonyl (C=O) groups is 1. The molecule has 0 aliphatic rings. The summed E-state index contributed by atoms with van der Waals surface area (Å²) in [6, 6.07) is 0. The highest BCUT2D eigenvalue weighted by Gasteiger charge is 1.93. The SMILES string of the molecule is C/C=C(/C)CNCC(=O)O. The van der Waals surface area contributed by atoms with Crippen LogP contribution in [0.2, 0.25) is 0 Å².